The number of nitrogens with zero attached hydrogens (tertiary/aromatic N) is 1. The minimum atomic E-state index is -0.0869. The summed E-state index contributed by atoms with van der Waals surface area (Å²) in [4.78, 5) is 14.3. The van der Waals surface area contributed by atoms with Crippen LogP contribution in [0.15, 0.2) is 42.5 Å². The van der Waals surface area contributed by atoms with Gasteiger partial charge >= 0.3 is 0 Å². The standard InChI is InChI=1S/C20H26N2O3/c1-5-15-6-8-16(9-7-15)13-22(2)14-20(23)21-18-11-10-17(24-3)12-19(18)25-4/h6-12H,5,13-14H2,1-4H3,(H,21,23). The summed E-state index contributed by atoms with van der Waals surface area (Å²) in [5.41, 5.74) is 3.14. The number of methoxy groups -OCH3 is 2. The number of anilines is 1. The fourth-order valence-electron chi connectivity index (χ4n) is 2.58. The van der Waals surface area contributed by atoms with E-state index < -0.39 is 0 Å². The lowest BCUT2D eigenvalue weighted by Gasteiger charge is -2.17. The summed E-state index contributed by atoms with van der Waals surface area (Å²) in [5, 5.41) is 2.89. The van der Waals surface area contributed by atoms with Crippen LogP contribution in [0.1, 0.15) is 18.1 Å². The Labute approximate surface area is 149 Å². The SMILES string of the molecule is CCc1ccc(CN(C)CC(=O)Nc2ccc(OC)cc2OC)cc1. The Morgan fingerprint density at radius 3 is 2.32 bits per heavy atom. The maximum Gasteiger partial charge on any atom is 0.238 e. The van der Waals surface area contributed by atoms with E-state index in [1.807, 2.05) is 11.9 Å². The van der Waals surface area contributed by atoms with Gasteiger partial charge in [0.1, 0.15) is 11.5 Å². The predicted octanol–water partition coefficient (Wildman–Crippen LogP) is 3.34. The van der Waals surface area contributed by atoms with Gasteiger partial charge in [0.25, 0.3) is 0 Å². The number of ether oxygens (including phenoxy) is 2. The molecule has 0 heterocycles. The number of benzene rings is 2. The van der Waals surface area contributed by atoms with Crippen LogP contribution < -0.4 is 14.8 Å². The first-order valence-electron chi connectivity index (χ1n) is 8.34. The number of nitrogens with one attached hydrogen (secondary N) is 1. The van der Waals surface area contributed by atoms with Gasteiger partial charge < -0.3 is 14.8 Å². The fourth-order valence-corrected chi connectivity index (χ4v) is 2.58. The van der Waals surface area contributed by atoms with Crippen LogP contribution in [-0.4, -0.2) is 38.6 Å². The van der Waals surface area contributed by atoms with E-state index in [-0.39, 0.29) is 5.91 Å². The van der Waals surface area contributed by atoms with Crippen LogP contribution in [0.4, 0.5) is 5.69 Å². The second-order valence-electron chi connectivity index (χ2n) is 5.96. The van der Waals surface area contributed by atoms with Crippen molar-refractivity contribution in [2.75, 3.05) is 33.1 Å². The average Bonchev–Trinajstić information content (AvgIpc) is 2.62. The zero-order chi connectivity index (χ0) is 18.2. The Morgan fingerprint density at radius 2 is 1.72 bits per heavy atom. The van der Waals surface area contributed by atoms with Crippen molar-refractivity contribution in [1.82, 2.24) is 4.90 Å². The number of carbonyl (C=O) groups excluding carboxylic acids is 1. The molecule has 0 saturated carbocycles. The van der Waals surface area contributed by atoms with Gasteiger partial charge in [-0.25, -0.2) is 0 Å². The fraction of sp³-hybridized carbons (Fsp3) is 0.350. The summed E-state index contributed by atoms with van der Waals surface area (Å²) in [5.74, 6) is 1.17. The largest absolute Gasteiger partial charge is 0.497 e. The van der Waals surface area contributed by atoms with Crippen molar-refractivity contribution < 1.29 is 14.3 Å². The monoisotopic (exact) mass is 342 g/mol. The molecule has 0 aromatic heterocycles. The van der Waals surface area contributed by atoms with E-state index in [1.165, 1.54) is 11.1 Å². The summed E-state index contributed by atoms with van der Waals surface area (Å²) >= 11 is 0. The van der Waals surface area contributed by atoms with Gasteiger partial charge in [0.2, 0.25) is 5.91 Å². The molecular formula is C20H26N2O3. The Kier molecular flexibility index (Phi) is 6.83. The van der Waals surface area contributed by atoms with E-state index in [0.717, 1.165) is 13.0 Å². The van der Waals surface area contributed by atoms with Gasteiger partial charge in [0.15, 0.2) is 0 Å². The Bertz CT molecular complexity index is 699. The van der Waals surface area contributed by atoms with Crippen LogP contribution >= 0.6 is 0 Å². The van der Waals surface area contributed by atoms with Gasteiger partial charge in [-0.3, -0.25) is 9.69 Å². The highest BCUT2D eigenvalue weighted by Crippen LogP contribution is 2.28. The highest BCUT2D eigenvalue weighted by atomic mass is 16.5. The third-order valence-corrected chi connectivity index (χ3v) is 3.98. The lowest BCUT2D eigenvalue weighted by molar-refractivity contribution is -0.117. The highest BCUT2D eigenvalue weighted by molar-refractivity contribution is 5.93. The highest BCUT2D eigenvalue weighted by Gasteiger charge is 2.11. The van der Waals surface area contributed by atoms with Crippen molar-refractivity contribution in [2.45, 2.75) is 19.9 Å². The number of rotatable bonds is 8. The van der Waals surface area contributed by atoms with Crippen molar-refractivity contribution in [3.63, 3.8) is 0 Å². The van der Waals surface area contributed by atoms with Crippen LogP contribution in [0.25, 0.3) is 0 Å². The summed E-state index contributed by atoms with van der Waals surface area (Å²) in [6.45, 7) is 3.15. The molecule has 25 heavy (non-hydrogen) atoms. The molecule has 0 saturated heterocycles. The van der Waals surface area contributed by atoms with Crippen molar-refractivity contribution >= 4 is 11.6 Å². The zero-order valence-electron chi connectivity index (χ0n) is 15.3. The van der Waals surface area contributed by atoms with Crippen molar-refractivity contribution in [3.05, 3.63) is 53.6 Å². The minimum absolute atomic E-state index is 0.0869. The molecule has 2 rings (SSSR count). The Morgan fingerprint density at radius 1 is 1.04 bits per heavy atom. The number of hydrogen-bond acceptors (Lipinski definition) is 4. The summed E-state index contributed by atoms with van der Waals surface area (Å²) in [7, 11) is 5.09. The molecule has 0 unspecified atom stereocenters. The van der Waals surface area contributed by atoms with Crippen LogP contribution in [0, 0.1) is 0 Å². The lowest BCUT2D eigenvalue weighted by atomic mass is 10.1. The van der Waals surface area contributed by atoms with E-state index in [9.17, 15) is 4.79 Å². The molecule has 1 amide bonds. The van der Waals surface area contributed by atoms with E-state index in [0.29, 0.717) is 23.7 Å². The number of likely N-dealkylation sites (N-methyl/N-ethyl adjacent to an activating group) is 1. The second kappa shape index (κ2) is 9.08. The molecule has 2 aromatic rings. The molecular weight excluding hydrogens is 316 g/mol. The number of aryl methyl sites for hydroxylation is 1. The molecule has 0 aliphatic rings. The molecule has 5 heteroatoms. The molecule has 0 atom stereocenters. The van der Waals surface area contributed by atoms with Gasteiger partial charge in [-0.2, -0.15) is 0 Å². The molecule has 0 radical (unpaired) electrons. The average molecular weight is 342 g/mol. The number of carbonyl (C=O) groups is 1. The second-order valence-corrected chi connectivity index (χ2v) is 5.96. The van der Waals surface area contributed by atoms with Crippen molar-refractivity contribution in [2.24, 2.45) is 0 Å². The summed E-state index contributed by atoms with van der Waals surface area (Å²) < 4.78 is 10.5. The molecule has 0 bridgehead atoms. The molecule has 0 aliphatic heterocycles. The quantitative estimate of drug-likeness (QED) is 0.799. The third kappa shape index (κ3) is 5.50. The first-order chi connectivity index (χ1) is 12.0. The smallest absolute Gasteiger partial charge is 0.238 e. The zero-order valence-corrected chi connectivity index (χ0v) is 15.3. The molecule has 134 valence electrons. The van der Waals surface area contributed by atoms with E-state index in [2.05, 4.69) is 36.5 Å². The normalized spacial score (nSPS) is 10.6. The molecule has 1 N–H and O–H groups in total. The van der Waals surface area contributed by atoms with Gasteiger partial charge in [-0.15, -0.1) is 0 Å². The molecule has 0 aliphatic carbocycles. The van der Waals surface area contributed by atoms with E-state index >= 15 is 0 Å². The Hall–Kier alpha value is -2.53. The van der Waals surface area contributed by atoms with Gasteiger partial charge in [0.05, 0.1) is 26.5 Å². The molecule has 5 nitrogen and oxygen atoms in total. The van der Waals surface area contributed by atoms with Crippen molar-refractivity contribution in [1.29, 1.82) is 0 Å². The van der Waals surface area contributed by atoms with Crippen LogP contribution in [0.5, 0.6) is 11.5 Å². The summed E-state index contributed by atoms with van der Waals surface area (Å²) in [6, 6.07) is 13.8. The maximum absolute atomic E-state index is 12.3. The summed E-state index contributed by atoms with van der Waals surface area (Å²) in [6.07, 6.45) is 1.03. The topological polar surface area (TPSA) is 50.8 Å². The van der Waals surface area contributed by atoms with Gasteiger partial charge in [-0.05, 0) is 36.7 Å². The van der Waals surface area contributed by atoms with Crippen LogP contribution in [-0.2, 0) is 17.8 Å². The predicted molar refractivity (Wildman–Crippen MR) is 100 cm³/mol. The minimum Gasteiger partial charge on any atom is -0.497 e. The van der Waals surface area contributed by atoms with Gasteiger partial charge in [0, 0.05) is 12.6 Å². The van der Waals surface area contributed by atoms with E-state index in [1.54, 1.807) is 32.4 Å². The lowest BCUT2D eigenvalue weighted by Crippen LogP contribution is -2.29. The number of hydrogen-bond donors (Lipinski definition) is 1. The van der Waals surface area contributed by atoms with Crippen molar-refractivity contribution in [3.8, 4) is 11.5 Å². The molecule has 0 spiro atoms. The number of amides is 1. The third-order valence-electron chi connectivity index (χ3n) is 3.98. The van der Waals surface area contributed by atoms with Crippen LogP contribution in [0.3, 0.4) is 0 Å². The molecule has 0 fully saturated rings. The van der Waals surface area contributed by atoms with E-state index in [4.69, 9.17) is 9.47 Å². The van der Waals surface area contributed by atoms with Crippen LogP contribution in [0.2, 0.25) is 0 Å². The first kappa shape index (κ1) is 18.8. The Balaban J connectivity index is 1.92. The first-order valence-corrected chi connectivity index (χ1v) is 8.34. The van der Waals surface area contributed by atoms with Gasteiger partial charge in [-0.1, -0.05) is 31.2 Å². The maximum atomic E-state index is 12.3. The molecule has 2 aromatic carbocycles.